The number of rotatable bonds is 8. The lowest BCUT2D eigenvalue weighted by atomic mass is 10.2. The largest absolute Gasteiger partial charge is 0.496 e. The van der Waals surface area contributed by atoms with Crippen LogP contribution in [-0.4, -0.2) is 34.2 Å². The minimum Gasteiger partial charge on any atom is -0.496 e. The van der Waals surface area contributed by atoms with Crippen LogP contribution in [0.15, 0.2) is 87.3 Å². The van der Waals surface area contributed by atoms with Crippen molar-refractivity contribution in [3.05, 3.63) is 87.9 Å². The van der Waals surface area contributed by atoms with Gasteiger partial charge in [-0.2, -0.15) is 5.10 Å². The number of nitrogens with one attached hydrogen (secondary N) is 1. The van der Waals surface area contributed by atoms with Gasteiger partial charge in [-0.1, -0.05) is 45.7 Å². The molecule has 0 aliphatic heterocycles. The summed E-state index contributed by atoms with van der Waals surface area (Å²) >= 11 is 9.30. The smallest absolute Gasteiger partial charge is 0.264 e. The Labute approximate surface area is 199 Å². The normalized spacial score (nSPS) is 11.3. The van der Waals surface area contributed by atoms with Crippen molar-refractivity contribution in [3.8, 4) is 5.75 Å². The van der Waals surface area contributed by atoms with Crippen molar-refractivity contribution in [2.45, 2.75) is 4.90 Å². The highest BCUT2D eigenvalue weighted by Crippen LogP contribution is 2.25. The number of methoxy groups -OCH3 is 1. The second-order valence-corrected chi connectivity index (χ2v) is 9.70. The third-order valence-corrected chi connectivity index (χ3v) is 6.85. The molecule has 0 unspecified atom stereocenters. The molecular weight excluding hydrogens is 518 g/mol. The predicted octanol–water partition coefficient (Wildman–Crippen LogP) is 4.46. The van der Waals surface area contributed by atoms with E-state index in [1.165, 1.54) is 37.6 Å². The monoisotopic (exact) mass is 535 g/mol. The van der Waals surface area contributed by atoms with Crippen molar-refractivity contribution in [1.29, 1.82) is 0 Å². The average Bonchev–Trinajstić information content (AvgIpc) is 2.79. The summed E-state index contributed by atoms with van der Waals surface area (Å²) in [4.78, 5) is 12.6. The van der Waals surface area contributed by atoms with E-state index in [1.807, 2.05) is 6.07 Å². The van der Waals surface area contributed by atoms with Crippen molar-refractivity contribution in [2.24, 2.45) is 5.10 Å². The van der Waals surface area contributed by atoms with Gasteiger partial charge in [-0.25, -0.2) is 13.8 Å². The predicted molar refractivity (Wildman–Crippen MR) is 129 cm³/mol. The van der Waals surface area contributed by atoms with Gasteiger partial charge in [0.1, 0.15) is 12.3 Å². The lowest BCUT2D eigenvalue weighted by Gasteiger charge is -2.23. The molecule has 0 saturated carbocycles. The van der Waals surface area contributed by atoms with Crippen LogP contribution in [0.5, 0.6) is 5.75 Å². The Morgan fingerprint density at radius 2 is 1.81 bits per heavy atom. The number of hydrogen-bond donors (Lipinski definition) is 1. The zero-order chi connectivity index (χ0) is 23.1. The number of carbonyl (C=O) groups excluding carboxylic acids is 1. The zero-order valence-corrected chi connectivity index (χ0v) is 20.1. The Morgan fingerprint density at radius 3 is 2.47 bits per heavy atom. The summed E-state index contributed by atoms with van der Waals surface area (Å²) in [5.74, 6) is -0.0506. The highest BCUT2D eigenvalue weighted by molar-refractivity contribution is 9.10. The first-order valence-electron chi connectivity index (χ1n) is 9.30. The summed E-state index contributed by atoms with van der Waals surface area (Å²) in [6, 6.07) is 19.4. The maximum Gasteiger partial charge on any atom is 0.264 e. The summed E-state index contributed by atoms with van der Waals surface area (Å²) < 4.78 is 33.5. The molecule has 1 amide bonds. The van der Waals surface area contributed by atoms with Crippen LogP contribution >= 0.6 is 27.5 Å². The summed E-state index contributed by atoms with van der Waals surface area (Å²) in [5.41, 5.74) is 3.29. The molecule has 166 valence electrons. The van der Waals surface area contributed by atoms with Gasteiger partial charge in [0.25, 0.3) is 15.9 Å². The number of benzene rings is 3. The molecule has 1 N–H and O–H groups in total. The summed E-state index contributed by atoms with van der Waals surface area (Å²) in [7, 11) is -2.48. The first-order valence-corrected chi connectivity index (χ1v) is 11.9. The first kappa shape index (κ1) is 23.8. The Morgan fingerprint density at radius 1 is 1.12 bits per heavy atom. The molecule has 0 fully saturated rings. The molecule has 0 heterocycles. The van der Waals surface area contributed by atoms with E-state index in [4.69, 9.17) is 16.3 Å². The molecule has 0 atom stereocenters. The number of halogens is 2. The van der Waals surface area contributed by atoms with Gasteiger partial charge >= 0.3 is 0 Å². The zero-order valence-electron chi connectivity index (χ0n) is 16.9. The molecule has 7 nitrogen and oxygen atoms in total. The number of hydrazone groups is 1. The Bertz CT molecular complexity index is 1220. The topological polar surface area (TPSA) is 88.1 Å². The number of ether oxygens (including phenoxy) is 1. The Hall–Kier alpha value is -2.88. The summed E-state index contributed by atoms with van der Waals surface area (Å²) in [6.45, 7) is -0.480. The van der Waals surface area contributed by atoms with E-state index in [0.29, 0.717) is 22.0 Å². The molecule has 32 heavy (non-hydrogen) atoms. The van der Waals surface area contributed by atoms with Crippen molar-refractivity contribution >= 4 is 55.4 Å². The van der Waals surface area contributed by atoms with Gasteiger partial charge in [0, 0.05) is 15.1 Å². The number of hydrogen-bond acceptors (Lipinski definition) is 5. The van der Waals surface area contributed by atoms with Gasteiger partial charge in [-0.05, 0) is 54.6 Å². The quantitative estimate of drug-likeness (QED) is 0.340. The Kier molecular flexibility index (Phi) is 7.89. The van der Waals surface area contributed by atoms with Crippen molar-refractivity contribution in [3.63, 3.8) is 0 Å². The molecule has 0 aliphatic rings. The van der Waals surface area contributed by atoms with Crippen LogP contribution in [0.3, 0.4) is 0 Å². The lowest BCUT2D eigenvalue weighted by Crippen LogP contribution is -2.39. The van der Waals surface area contributed by atoms with Crippen LogP contribution in [0.2, 0.25) is 5.02 Å². The molecular formula is C22H19BrClN3O4S. The molecule has 0 spiro atoms. The molecule has 3 aromatic rings. The minimum absolute atomic E-state index is 0.0603. The fraction of sp³-hybridized carbons (Fsp3) is 0.0909. The minimum atomic E-state index is -4.00. The average molecular weight is 537 g/mol. The van der Waals surface area contributed by atoms with Crippen LogP contribution in [0.4, 0.5) is 5.69 Å². The molecule has 0 bridgehead atoms. The van der Waals surface area contributed by atoms with Crippen LogP contribution in [0.1, 0.15) is 5.56 Å². The van der Waals surface area contributed by atoms with E-state index in [1.54, 1.807) is 42.5 Å². The number of carbonyl (C=O) groups is 1. The molecule has 3 aromatic carbocycles. The fourth-order valence-electron chi connectivity index (χ4n) is 2.79. The third kappa shape index (κ3) is 5.87. The first-order chi connectivity index (χ1) is 15.3. The van der Waals surface area contributed by atoms with Gasteiger partial charge in [-0.3, -0.25) is 9.10 Å². The van der Waals surface area contributed by atoms with Crippen molar-refractivity contribution in [1.82, 2.24) is 5.43 Å². The SMILES string of the molecule is COc1ccc(Br)cc1/C=N\NC(=O)CN(c1ccc(Cl)cc1)S(=O)(=O)c1ccccc1. The summed E-state index contributed by atoms with van der Waals surface area (Å²) in [5, 5.41) is 4.39. The number of amides is 1. The van der Waals surface area contributed by atoms with Gasteiger partial charge in [-0.15, -0.1) is 0 Å². The number of anilines is 1. The fourth-order valence-corrected chi connectivity index (χ4v) is 4.73. The van der Waals surface area contributed by atoms with Crippen LogP contribution < -0.4 is 14.5 Å². The molecule has 10 heteroatoms. The highest BCUT2D eigenvalue weighted by Gasteiger charge is 2.27. The highest BCUT2D eigenvalue weighted by atomic mass is 79.9. The second-order valence-electron chi connectivity index (χ2n) is 6.48. The third-order valence-electron chi connectivity index (χ3n) is 4.32. The van der Waals surface area contributed by atoms with Gasteiger partial charge in [0.15, 0.2) is 0 Å². The van der Waals surface area contributed by atoms with E-state index in [0.717, 1.165) is 8.78 Å². The van der Waals surface area contributed by atoms with Crippen LogP contribution in [0.25, 0.3) is 0 Å². The molecule has 0 aliphatic carbocycles. The second kappa shape index (κ2) is 10.6. The summed E-state index contributed by atoms with van der Waals surface area (Å²) in [6.07, 6.45) is 1.42. The van der Waals surface area contributed by atoms with Crippen LogP contribution in [-0.2, 0) is 14.8 Å². The molecule has 0 radical (unpaired) electrons. The Balaban J connectivity index is 1.83. The van der Waals surface area contributed by atoms with Gasteiger partial charge < -0.3 is 4.74 Å². The lowest BCUT2D eigenvalue weighted by molar-refractivity contribution is -0.119. The van der Waals surface area contributed by atoms with E-state index >= 15 is 0 Å². The molecule has 0 saturated heterocycles. The van der Waals surface area contributed by atoms with Crippen LogP contribution in [0, 0.1) is 0 Å². The molecule has 3 rings (SSSR count). The number of sulfonamides is 1. The van der Waals surface area contributed by atoms with Crippen molar-refractivity contribution < 1.29 is 17.9 Å². The number of nitrogens with zero attached hydrogens (tertiary/aromatic N) is 2. The van der Waals surface area contributed by atoms with E-state index in [9.17, 15) is 13.2 Å². The van der Waals surface area contributed by atoms with E-state index in [2.05, 4.69) is 26.5 Å². The van der Waals surface area contributed by atoms with Crippen molar-refractivity contribution in [2.75, 3.05) is 18.0 Å². The van der Waals surface area contributed by atoms with Gasteiger partial charge in [0.2, 0.25) is 0 Å². The molecule has 0 aromatic heterocycles. The standard InChI is InChI=1S/C22H19BrClN3O4S/c1-31-21-12-7-17(23)13-16(21)14-25-26-22(28)15-27(19-10-8-18(24)9-11-19)32(29,30)20-5-3-2-4-6-20/h2-14H,15H2,1H3,(H,26,28)/b25-14-. The maximum atomic E-state index is 13.2. The van der Waals surface area contributed by atoms with Gasteiger partial charge in [0.05, 0.1) is 23.9 Å². The van der Waals surface area contributed by atoms with E-state index < -0.39 is 22.5 Å². The van der Waals surface area contributed by atoms with E-state index in [-0.39, 0.29) is 4.90 Å². The maximum absolute atomic E-state index is 13.2.